The lowest BCUT2D eigenvalue weighted by atomic mass is 9.79. The lowest BCUT2D eigenvalue weighted by Gasteiger charge is -2.25. The van der Waals surface area contributed by atoms with Crippen molar-refractivity contribution in [1.82, 2.24) is 0 Å². The van der Waals surface area contributed by atoms with E-state index < -0.39 is 18.3 Å². The molecule has 0 saturated carbocycles. The van der Waals surface area contributed by atoms with Crippen LogP contribution in [0.4, 0.5) is 4.39 Å². The summed E-state index contributed by atoms with van der Waals surface area (Å²) in [5.74, 6) is 0.955. The Morgan fingerprint density at radius 2 is 1.43 bits per heavy atom. The second kappa shape index (κ2) is 5.58. The molecule has 5 heteroatoms. The Kier molecular flexibility index (Phi) is 3.86. The number of hydrogen-bond acceptors (Lipinski definition) is 3. The zero-order valence-corrected chi connectivity index (χ0v) is 13.5. The van der Waals surface area contributed by atoms with Gasteiger partial charge in [0, 0.05) is 6.92 Å². The van der Waals surface area contributed by atoms with Gasteiger partial charge in [0.1, 0.15) is 22.9 Å². The van der Waals surface area contributed by atoms with Gasteiger partial charge in [0.2, 0.25) is 5.60 Å². The van der Waals surface area contributed by atoms with Crippen LogP contribution in [0.2, 0.25) is 0 Å². The Hall–Kier alpha value is -1.98. The Morgan fingerprint density at radius 3 is 1.91 bits per heavy atom. The minimum atomic E-state index is -0.610. The summed E-state index contributed by atoms with van der Waals surface area (Å²) in [6, 6.07) is 13.3. The summed E-state index contributed by atoms with van der Waals surface area (Å²) < 4.78 is 30.4. The largest absolute Gasteiger partial charge is 0.497 e. The molecule has 1 saturated heterocycles. The molecule has 3 rings (SSSR count). The van der Waals surface area contributed by atoms with E-state index in [1.807, 2.05) is 45.0 Å². The van der Waals surface area contributed by atoms with E-state index in [2.05, 4.69) is 6.92 Å². The van der Waals surface area contributed by atoms with E-state index in [1.54, 1.807) is 12.1 Å². The maximum atomic E-state index is 12.9. The van der Waals surface area contributed by atoms with Crippen LogP contribution < -0.4 is 10.2 Å². The molecule has 0 aliphatic carbocycles. The van der Waals surface area contributed by atoms with Gasteiger partial charge in [0.05, 0.1) is 6.92 Å². The first-order chi connectivity index (χ1) is 10.8. The molecule has 0 N–H and O–H groups in total. The molecule has 0 aromatic heterocycles. The first-order valence-electron chi connectivity index (χ1n) is 7.51. The summed E-state index contributed by atoms with van der Waals surface area (Å²) in [7, 11) is -0.452. The topological polar surface area (TPSA) is 27.7 Å². The Balaban J connectivity index is 1.72. The van der Waals surface area contributed by atoms with Crippen molar-refractivity contribution in [3.8, 4) is 11.5 Å². The fourth-order valence-electron chi connectivity index (χ4n) is 2.26. The Labute approximate surface area is 136 Å². The average Bonchev–Trinajstić information content (AvgIpc) is 2.71. The summed E-state index contributed by atoms with van der Waals surface area (Å²) in [6.45, 7) is 9.92. The van der Waals surface area contributed by atoms with Crippen molar-refractivity contribution < 1.29 is 18.4 Å². The SMILES string of the molecule is [CH2+]C1(C)OB(c2ccc(Oc3ccc(F)cc3)cc2)OC1(C)C. The summed E-state index contributed by atoms with van der Waals surface area (Å²) in [5.41, 5.74) is -0.182. The van der Waals surface area contributed by atoms with Gasteiger partial charge in [-0.3, -0.25) is 0 Å². The van der Waals surface area contributed by atoms with E-state index in [1.165, 1.54) is 12.1 Å². The monoisotopic (exact) mass is 313 g/mol. The standard InChI is InChI=1S/C18H19BFO3/c1-17(2)18(3,4)23-19(22-17)13-5-9-15(10-6-13)21-16-11-7-14(20)8-12-16/h5-12H,1H2,2-4H3/q+1. The molecule has 23 heavy (non-hydrogen) atoms. The molecule has 1 fully saturated rings. The van der Waals surface area contributed by atoms with Gasteiger partial charge in [0.25, 0.3) is 0 Å². The molecule has 1 aliphatic heterocycles. The number of hydrogen-bond donors (Lipinski definition) is 0. The van der Waals surface area contributed by atoms with Crippen molar-refractivity contribution in [2.45, 2.75) is 32.0 Å². The van der Waals surface area contributed by atoms with Crippen molar-refractivity contribution >= 4 is 12.6 Å². The van der Waals surface area contributed by atoms with E-state index in [0.717, 1.165) is 5.46 Å². The highest BCUT2D eigenvalue weighted by atomic mass is 19.1. The zero-order valence-electron chi connectivity index (χ0n) is 13.5. The van der Waals surface area contributed by atoms with E-state index >= 15 is 0 Å². The van der Waals surface area contributed by atoms with Crippen molar-refractivity contribution in [2.75, 3.05) is 0 Å². The predicted octanol–water partition coefficient (Wildman–Crippen LogP) is 3.73. The van der Waals surface area contributed by atoms with Gasteiger partial charge < -0.3 is 14.0 Å². The summed E-state index contributed by atoms with van der Waals surface area (Å²) in [6.07, 6.45) is 0. The molecular formula is C18H19BFO3+. The fourth-order valence-corrected chi connectivity index (χ4v) is 2.26. The Bertz CT molecular complexity index is 664. The lowest BCUT2D eigenvalue weighted by Crippen LogP contribution is -2.42. The predicted molar refractivity (Wildman–Crippen MR) is 88.3 cm³/mol. The van der Waals surface area contributed by atoms with Crippen LogP contribution in [0.5, 0.6) is 11.5 Å². The molecule has 3 nitrogen and oxygen atoms in total. The molecular weight excluding hydrogens is 294 g/mol. The zero-order chi connectivity index (χ0) is 16.7. The van der Waals surface area contributed by atoms with E-state index in [0.29, 0.717) is 11.5 Å². The van der Waals surface area contributed by atoms with Gasteiger partial charge in [-0.05, 0) is 55.7 Å². The normalized spacial score (nSPS) is 23.0. The Morgan fingerprint density at radius 1 is 0.913 bits per heavy atom. The van der Waals surface area contributed by atoms with Crippen molar-refractivity contribution in [2.24, 2.45) is 0 Å². The molecule has 1 aliphatic rings. The highest BCUT2D eigenvalue weighted by molar-refractivity contribution is 6.62. The van der Waals surface area contributed by atoms with Gasteiger partial charge in [-0.15, -0.1) is 0 Å². The van der Waals surface area contributed by atoms with Crippen LogP contribution in [0.1, 0.15) is 20.8 Å². The molecule has 0 radical (unpaired) electrons. The maximum Gasteiger partial charge on any atom is 0.497 e. The van der Waals surface area contributed by atoms with Crippen LogP contribution in [0.15, 0.2) is 48.5 Å². The number of rotatable bonds is 3. The minimum Gasteiger partial charge on any atom is -0.457 e. The van der Waals surface area contributed by atoms with Crippen LogP contribution in [-0.2, 0) is 9.31 Å². The van der Waals surface area contributed by atoms with E-state index in [9.17, 15) is 4.39 Å². The van der Waals surface area contributed by atoms with Gasteiger partial charge in [0.15, 0.2) is 0 Å². The van der Waals surface area contributed by atoms with Gasteiger partial charge in [-0.1, -0.05) is 12.1 Å². The summed E-state index contributed by atoms with van der Waals surface area (Å²) >= 11 is 0. The second-order valence-corrected chi connectivity index (χ2v) is 6.43. The molecule has 1 atom stereocenters. The second-order valence-electron chi connectivity index (χ2n) is 6.43. The van der Waals surface area contributed by atoms with Crippen molar-refractivity contribution in [3.05, 3.63) is 61.3 Å². The van der Waals surface area contributed by atoms with E-state index in [-0.39, 0.29) is 5.82 Å². The van der Waals surface area contributed by atoms with Gasteiger partial charge >= 0.3 is 7.12 Å². The minimum absolute atomic E-state index is 0.290. The molecule has 0 bridgehead atoms. The highest BCUT2D eigenvalue weighted by Crippen LogP contribution is 2.36. The van der Waals surface area contributed by atoms with Crippen LogP contribution in [0, 0.1) is 12.7 Å². The van der Waals surface area contributed by atoms with Crippen LogP contribution in [0.25, 0.3) is 0 Å². The van der Waals surface area contributed by atoms with Gasteiger partial charge in [-0.25, -0.2) is 4.39 Å². The molecule has 1 unspecified atom stereocenters. The highest BCUT2D eigenvalue weighted by Gasteiger charge is 2.57. The van der Waals surface area contributed by atoms with Gasteiger partial charge in [-0.2, -0.15) is 0 Å². The third kappa shape index (κ3) is 3.21. The smallest absolute Gasteiger partial charge is 0.457 e. The molecule has 0 spiro atoms. The third-order valence-corrected chi connectivity index (χ3v) is 4.24. The molecule has 0 amide bonds. The van der Waals surface area contributed by atoms with Crippen LogP contribution in [0.3, 0.4) is 0 Å². The quantitative estimate of drug-likeness (QED) is 0.638. The molecule has 2 aromatic rings. The fraction of sp³-hybridized carbons (Fsp3) is 0.278. The third-order valence-electron chi connectivity index (χ3n) is 4.24. The first-order valence-corrected chi connectivity index (χ1v) is 7.51. The number of halogens is 1. The lowest BCUT2D eigenvalue weighted by molar-refractivity contribution is 0.0262. The molecule has 1 heterocycles. The van der Waals surface area contributed by atoms with Crippen molar-refractivity contribution in [3.63, 3.8) is 0 Å². The summed E-state index contributed by atoms with van der Waals surface area (Å²) in [4.78, 5) is 0. The maximum absolute atomic E-state index is 12.9. The van der Waals surface area contributed by atoms with Crippen molar-refractivity contribution in [1.29, 1.82) is 0 Å². The summed E-state index contributed by atoms with van der Waals surface area (Å²) in [5, 5.41) is 0. The van der Waals surface area contributed by atoms with Crippen LogP contribution in [-0.4, -0.2) is 18.3 Å². The van der Waals surface area contributed by atoms with E-state index in [4.69, 9.17) is 14.0 Å². The number of benzene rings is 2. The molecule has 118 valence electrons. The first kappa shape index (κ1) is 15.9. The average molecular weight is 313 g/mol. The molecule has 2 aromatic carbocycles. The number of ether oxygens (including phenoxy) is 1. The van der Waals surface area contributed by atoms with Crippen LogP contribution >= 0.6 is 0 Å².